The zero-order valence-corrected chi connectivity index (χ0v) is 51.3. The third kappa shape index (κ3) is 61.3. The average molecular weight is 1070 g/mol. The van der Waals surface area contributed by atoms with E-state index in [-0.39, 0.29) is 18.5 Å². The highest BCUT2D eigenvalue weighted by Gasteiger charge is 2.18. The van der Waals surface area contributed by atoms with E-state index in [1.165, 1.54) is 302 Å². The molecule has 0 radical (unpaired) electrons. The quantitative estimate of drug-likeness (QED) is 0.0320. The standard InChI is InChI=1S/C70H133NO5/c1-3-5-7-9-11-13-15-39-44-48-52-56-60-64-70(75)76-65-61-57-53-49-45-41-38-36-34-32-30-28-26-24-22-20-18-16-17-19-21-23-25-27-29-31-33-35-37-40-43-47-51-55-59-63-69(74)71-67(66-72)68(73)62-58-54-50-46-42-14-12-10-8-6-4-2/h13,15,18,20,58,62,67-68,72-73H,3-12,14,16-17,19,21-57,59-61,63-66H2,1-2H3,(H,71,74)/b15-13-,20-18-,62-58+. The van der Waals surface area contributed by atoms with Crippen molar-refractivity contribution >= 4 is 11.9 Å². The summed E-state index contributed by atoms with van der Waals surface area (Å²) in [7, 11) is 0. The van der Waals surface area contributed by atoms with E-state index in [0.29, 0.717) is 19.4 Å². The maximum absolute atomic E-state index is 12.4. The summed E-state index contributed by atoms with van der Waals surface area (Å²) in [5.74, 6) is -0.0537. The highest BCUT2D eigenvalue weighted by molar-refractivity contribution is 5.76. The molecule has 1 amide bonds. The number of unbranched alkanes of at least 4 members (excludes halogenated alkanes) is 49. The van der Waals surface area contributed by atoms with Crippen LogP contribution in [0.2, 0.25) is 0 Å². The fourth-order valence-corrected chi connectivity index (χ4v) is 10.6. The van der Waals surface area contributed by atoms with Gasteiger partial charge in [-0.2, -0.15) is 0 Å². The highest BCUT2D eigenvalue weighted by atomic mass is 16.5. The number of esters is 1. The maximum atomic E-state index is 12.4. The van der Waals surface area contributed by atoms with Gasteiger partial charge in [-0.1, -0.05) is 314 Å². The summed E-state index contributed by atoms with van der Waals surface area (Å²) in [6, 6.07) is -0.623. The molecule has 0 fully saturated rings. The zero-order valence-electron chi connectivity index (χ0n) is 51.3. The van der Waals surface area contributed by atoms with E-state index in [0.717, 1.165) is 44.9 Å². The third-order valence-corrected chi connectivity index (χ3v) is 15.9. The number of hydrogen-bond donors (Lipinski definition) is 3. The number of amides is 1. The lowest BCUT2D eigenvalue weighted by atomic mass is 10.0. The Bertz CT molecular complexity index is 1230. The molecule has 2 unspecified atom stereocenters. The molecule has 2 atom stereocenters. The lowest BCUT2D eigenvalue weighted by molar-refractivity contribution is -0.143. The van der Waals surface area contributed by atoms with E-state index >= 15 is 0 Å². The summed E-state index contributed by atoms with van der Waals surface area (Å²) in [5.41, 5.74) is 0. The Hall–Kier alpha value is -1.92. The molecule has 0 aliphatic heterocycles. The summed E-state index contributed by atoms with van der Waals surface area (Å²) in [5, 5.41) is 23.0. The van der Waals surface area contributed by atoms with Crippen molar-refractivity contribution in [2.45, 2.75) is 386 Å². The van der Waals surface area contributed by atoms with E-state index in [2.05, 4.69) is 43.5 Å². The predicted molar refractivity (Wildman–Crippen MR) is 333 cm³/mol. The Morgan fingerprint density at radius 2 is 0.618 bits per heavy atom. The molecule has 3 N–H and O–H groups in total. The Morgan fingerprint density at radius 3 is 0.947 bits per heavy atom. The van der Waals surface area contributed by atoms with Crippen LogP contribution in [0.25, 0.3) is 0 Å². The van der Waals surface area contributed by atoms with Gasteiger partial charge >= 0.3 is 5.97 Å². The van der Waals surface area contributed by atoms with Crippen LogP contribution in [0.1, 0.15) is 373 Å². The molecule has 0 aromatic heterocycles. The predicted octanol–water partition coefficient (Wildman–Crippen LogP) is 21.9. The van der Waals surface area contributed by atoms with Crippen molar-refractivity contribution in [3.63, 3.8) is 0 Å². The minimum Gasteiger partial charge on any atom is -0.466 e. The zero-order chi connectivity index (χ0) is 55.0. The van der Waals surface area contributed by atoms with Gasteiger partial charge in [0.25, 0.3) is 0 Å². The van der Waals surface area contributed by atoms with Crippen molar-refractivity contribution in [2.24, 2.45) is 0 Å². The summed E-state index contributed by atoms with van der Waals surface area (Å²) >= 11 is 0. The highest BCUT2D eigenvalue weighted by Crippen LogP contribution is 2.18. The Labute approximate surface area is 474 Å². The number of ether oxygens (including phenoxy) is 1. The minimum absolute atomic E-state index is 0.0108. The van der Waals surface area contributed by atoms with E-state index < -0.39 is 12.1 Å². The fourth-order valence-electron chi connectivity index (χ4n) is 10.6. The molecule has 0 heterocycles. The fraction of sp³-hybridized carbons (Fsp3) is 0.886. The van der Waals surface area contributed by atoms with Crippen LogP contribution in [-0.2, 0) is 14.3 Å². The first kappa shape index (κ1) is 74.1. The van der Waals surface area contributed by atoms with E-state index in [4.69, 9.17) is 4.74 Å². The number of carbonyl (C=O) groups is 2. The molecule has 0 spiro atoms. The third-order valence-electron chi connectivity index (χ3n) is 15.9. The van der Waals surface area contributed by atoms with Crippen LogP contribution < -0.4 is 5.32 Å². The van der Waals surface area contributed by atoms with Crippen molar-refractivity contribution in [3.05, 3.63) is 36.5 Å². The largest absolute Gasteiger partial charge is 0.466 e. The topological polar surface area (TPSA) is 95.9 Å². The molecule has 448 valence electrons. The van der Waals surface area contributed by atoms with Crippen LogP contribution in [0.5, 0.6) is 0 Å². The average Bonchev–Trinajstić information content (AvgIpc) is 3.42. The number of aliphatic hydroxyl groups is 2. The van der Waals surface area contributed by atoms with Crippen molar-refractivity contribution in [1.82, 2.24) is 5.32 Å². The SMILES string of the molecule is CCCCCC/C=C\CCCCCCCC(=O)OCCCCCCCCCCCCCCCC/C=C\CCCCCCCCCCCCCCCCCCCC(=O)NC(CO)C(O)/C=C/CCCCCCCCCCC. The number of allylic oxidation sites excluding steroid dienone is 5. The molecule has 0 bridgehead atoms. The second-order valence-corrected chi connectivity index (χ2v) is 23.5. The van der Waals surface area contributed by atoms with Gasteiger partial charge in [-0.15, -0.1) is 0 Å². The van der Waals surface area contributed by atoms with Crippen LogP contribution in [-0.4, -0.2) is 47.4 Å². The number of rotatable bonds is 64. The lowest BCUT2D eigenvalue weighted by Crippen LogP contribution is -2.45. The van der Waals surface area contributed by atoms with Gasteiger partial charge in [-0.3, -0.25) is 9.59 Å². The normalized spacial score (nSPS) is 12.7. The molecule has 0 rings (SSSR count). The lowest BCUT2D eigenvalue weighted by Gasteiger charge is -2.20. The smallest absolute Gasteiger partial charge is 0.305 e. The van der Waals surface area contributed by atoms with Gasteiger partial charge in [0, 0.05) is 12.8 Å². The van der Waals surface area contributed by atoms with Gasteiger partial charge in [0.2, 0.25) is 5.91 Å². The molecule has 6 nitrogen and oxygen atoms in total. The van der Waals surface area contributed by atoms with Crippen molar-refractivity contribution in [3.8, 4) is 0 Å². The molecule has 76 heavy (non-hydrogen) atoms. The van der Waals surface area contributed by atoms with Gasteiger partial charge in [0.15, 0.2) is 0 Å². The van der Waals surface area contributed by atoms with E-state index in [9.17, 15) is 19.8 Å². The van der Waals surface area contributed by atoms with Crippen LogP contribution in [0.15, 0.2) is 36.5 Å². The van der Waals surface area contributed by atoms with Gasteiger partial charge in [-0.25, -0.2) is 0 Å². The molecule has 0 saturated heterocycles. The second-order valence-electron chi connectivity index (χ2n) is 23.5. The molecule has 0 saturated carbocycles. The molecule has 0 aromatic carbocycles. The van der Waals surface area contributed by atoms with Crippen LogP contribution >= 0.6 is 0 Å². The molecular weight excluding hydrogens is 935 g/mol. The van der Waals surface area contributed by atoms with Gasteiger partial charge in [0.05, 0.1) is 25.4 Å². The number of carbonyl (C=O) groups excluding carboxylic acids is 2. The Kier molecular flexibility index (Phi) is 63.9. The van der Waals surface area contributed by atoms with Crippen LogP contribution in [0.3, 0.4) is 0 Å². The molecule has 0 aliphatic rings. The van der Waals surface area contributed by atoms with Crippen molar-refractivity contribution in [1.29, 1.82) is 0 Å². The molecule has 0 aliphatic carbocycles. The minimum atomic E-state index is -0.840. The number of hydrogen-bond acceptors (Lipinski definition) is 5. The van der Waals surface area contributed by atoms with Gasteiger partial charge in [0.1, 0.15) is 0 Å². The Morgan fingerprint density at radius 1 is 0.355 bits per heavy atom. The summed E-state index contributed by atoms with van der Waals surface area (Å²) in [6.07, 6.45) is 83.8. The van der Waals surface area contributed by atoms with E-state index in [1.54, 1.807) is 6.08 Å². The summed E-state index contributed by atoms with van der Waals surface area (Å²) in [4.78, 5) is 24.5. The molecule has 6 heteroatoms. The van der Waals surface area contributed by atoms with E-state index in [1.807, 2.05) is 6.08 Å². The molecular formula is C70H133NO5. The van der Waals surface area contributed by atoms with Crippen molar-refractivity contribution in [2.75, 3.05) is 13.2 Å². The number of nitrogens with one attached hydrogen (secondary N) is 1. The van der Waals surface area contributed by atoms with Crippen molar-refractivity contribution < 1.29 is 24.5 Å². The summed E-state index contributed by atoms with van der Waals surface area (Å²) in [6.45, 7) is 4.89. The first-order valence-corrected chi connectivity index (χ1v) is 34.3. The summed E-state index contributed by atoms with van der Waals surface area (Å²) < 4.78 is 5.48. The first-order valence-electron chi connectivity index (χ1n) is 34.3. The van der Waals surface area contributed by atoms with Gasteiger partial charge < -0.3 is 20.3 Å². The number of aliphatic hydroxyl groups excluding tert-OH is 2. The van der Waals surface area contributed by atoms with Crippen LogP contribution in [0.4, 0.5) is 0 Å². The maximum Gasteiger partial charge on any atom is 0.305 e. The first-order chi connectivity index (χ1) is 37.5. The van der Waals surface area contributed by atoms with Crippen LogP contribution in [0, 0.1) is 0 Å². The molecule has 0 aromatic rings. The van der Waals surface area contributed by atoms with Gasteiger partial charge in [-0.05, 0) is 83.5 Å². The second kappa shape index (κ2) is 65.6. The monoisotopic (exact) mass is 1070 g/mol. The Balaban J connectivity index is 3.33.